The van der Waals surface area contributed by atoms with E-state index in [0.29, 0.717) is 5.82 Å². The van der Waals surface area contributed by atoms with Crippen LogP contribution in [0.3, 0.4) is 0 Å². The second kappa shape index (κ2) is 8.26. The number of hydrogen-bond donors (Lipinski definition) is 0. The lowest BCUT2D eigenvalue weighted by atomic mass is 10.2. The maximum atomic E-state index is 11.8. The van der Waals surface area contributed by atoms with E-state index in [4.69, 9.17) is 9.26 Å². The summed E-state index contributed by atoms with van der Waals surface area (Å²) in [5, 5.41) is 14.4. The Labute approximate surface area is 152 Å². The molecule has 3 rings (SSSR count). The number of thioether (sulfide) groups is 1. The molecule has 1 aromatic heterocycles. The van der Waals surface area contributed by atoms with Gasteiger partial charge in [-0.2, -0.15) is 4.98 Å². The molecule has 0 saturated carbocycles. The molecule has 0 fully saturated rings. The Bertz CT molecular complexity index is 896. The van der Waals surface area contributed by atoms with Crippen LogP contribution >= 0.6 is 11.8 Å². The van der Waals surface area contributed by atoms with Gasteiger partial charge in [-0.3, -0.25) is 14.9 Å². The normalized spacial score (nSPS) is 10.5. The first-order chi connectivity index (χ1) is 12.6. The van der Waals surface area contributed by atoms with E-state index in [1.807, 2.05) is 30.3 Å². The summed E-state index contributed by atoms with van der Waals surface area (Å²) in [6.45, 7) is -0.112. The number of carbonyl (C=O) groups is 1. The molecule has 0 aliphatic carbocycles. The highest BCUT2D eigenvalue weighted by Crippen LogP contribution is 2.21. The van der Waals surface area contributed by atoms with Gasteiger partial charge in [0.15, 0.2) is 6.61 Å². The molecule has 1 heterocycles. The molecule has 0 radical (unpaired) electrons. The SMILES string of the molecule is O=C(CSc1ccc([N+](=O)[O-])cc1)OCc1nc(-c2ccccc2)no1. The topological polar surface area (TPSA) is 108 Å². The molecule has 0 unspecified atom stereocenters. The molecule has 3 aromatic rings. The molecule has 0 atom stereocenters. The molecule has 8 nitrogen and oxygen atoms in total. The van der Waals surface area contributed by atoms with E-state index < -0.39 is 10.9 Å². The predicted octanol–water partition coefficient (Wildman–Crippen LogP) is 3.48. The average Bonchev–Trinajstić information content (AvgIpc) is 3.15. The van der Waals surface area contributed by atoms with Gasteiger partial charge in [0.05, 0.1) is 10.7 Å². The highest BCUT2D eigenvalue weighted by molar-refractivity contribution is 8.00. The Kier molecular flexibility index (Phi) is 5.59. The van der Waals surface area contributed by atoms with Crippen molar-refractivity contribution in [1.82, 2.24) is 10.1 Å². The lowest BCUT2D eigenvalue weighted by Crippen LogP contribution is -2.07. The van der Waals surface area contributed by atoms with Crippen LogP contribution in [0, 0.1) is 10.1 Å². The minimum Gasteiger partial charge on any atom is -0.455 e. The van der Waals surface area contributed by atoms with Gasteiger partial charge in [0.1, 0.15) is 0 Å². The molecular weight excluding hydrogens is 358 g/mol. The van der Waals surface area contributed by atoms with E-state index in [0.717, 1.165) is 10.5 Å². The van der Waals surface area contributed by atoms with E-state index in [2.05, 4.69) is 10.1 Å². The van der Waals surface area contributed by atoms with Crippen LogP contribution in [-0.2, 0) is 16.1 Å². The van der Waals surface area contributed by atoms with Crippen LogP contribution in [0.4, 0.5) is 5.69 Å². The number of hydrogen-bond acceptors (Lipinski definition) is 8. The van der Waals surface area contributed by atoms with E-state index in [-0.39, 0.29) is 23.9 Å². The number of nitrogens with zero attached hydrogens (tertiary/aromatic N) is 3. The minimum atomic E-state index is -0.475. The van der Waals surface area contributed by atoms with Gasteiger partial charge in [-0.1, -0.05) is 35.5 Å². The van der Waals surface area contributed by atoms with Gasteiger partial charge in [-0.15, -0.1) is 11.8 Å². The second-order valence-electron chi connectivity index (χ2n) is 5.08. The number of benzene rings is 2. The van der Waals surface area contributed by atoms with Crippen LogP contribution in [0.5, 0.6) is 0 Å². The van der Waals surface area contributed by atoms with Crippen molar-refractivity contribution in [1.29, 1.82) is 0 Å². The molecule has 0 amide bonds. The second-order valence-corrected chi connectivity index (χ2v) is 6.13. The number of nitro benzene ring substituents is 1. The minimum absolute atomic E-state index is 0.00235. The van der Waals surface area contributed by atoms with E-state index in [9.17, 15) is 14.9 Å². The maximum absolute atomic E-state index is 11.8. The number of carbonyl (C=O) groups excluding carboxylic acids is 1. The molecule has 0 N–H and O–H groups in total. The van der Waals surface area contributed by atoms with Gasteiger partial charge in [-0.05, 0) is 12.1 Å². The van der Waals surface area contributed by atoms with E-state index in [1.54, 1.807) is 12.1 Å². The van der Waals surface area contributed by atoms with Crippen molar-refractivity contribution in [3.8, 4) is 11.4 Å². The van der Waals surface area contributed by atoms with Gasteiger partial charge in [0, 0.05) is 22.6 Å². The van der Waals surface area contributed by atoms with Gasteiger partial charge >= 0.3 is 5.97 Å². The quantitative estimate of drug-likeness (QED) is 0.269. The third kappa shape index (κ3) is 4.67. The third-order valence-electron chi connectivity index (χ3n) is 3.26. The highest BCUT2D eigenvalue weighted by atomic mass is 32.2. The number of rotatable bonds is 7. The van der Waals surface area contributed by atoms with Gasteiger partial charge in [0.2, 0.25) is 5.82 Å². The fraction of sp³-hybridized carbons (Fsp3) is 0.118. The average molecular weight is 371 g/mol. The zero-order valence-electron chi connectivity index (χ0n) is 13.4. The van der Waals surface area contributed by atoms with Gasteiger partial charge < -0.3 is 9.26 Å². The summed E-state index contributed by atoms with van der Waals surface area (Å²) in [5.74, 6) is 0.250. The summed E-state index contributed by atoms with van der Waals surface area (Å²) in [6.07, 6.45) is 0. The fourth-order valence-corrected chi connectivity index (χ4v) is 2.70. The summed E-state index contributed by atoms with van der Waals surface area (Å²) in [5.41, 5.74) is 0.810. The predicted molar refractivity (Wildman–Crippen MR) is 93.4 cm³/mol. The van der Waals surface area contributed by atoms with Gasteiger partial charge in [-0.25, -0.2) is 0 Å². The van der Waals surface area contributed by atoms with Crippen LogP contribution in [0.2, 0.25) is 0 Å². The van der Waals surface area contributed by atoms with Crippen molar-refractivity contribution in [2.45, 2.75) is 11.5 Å². The van der Waals surface area contributed by atoms with Gasteiger partial charge in [0.25, 0.3) is 11.6 Å². The lowest BCUT2D eigenvalue weighted by molar-refractivity contribution is -0.384. The van der Waals surface area contributed by atoms with Crippen molar-refractivity contribution in [2.75, 3.05) is 5.75 Å². The molecule has 9 heteroatoms. The molecule has 0 aliphatic rings. The Hall–Kier alpha value is -3.20. The molecule has 0 aliphatic heterocycles. The molecule has 0 saturated heterocycles. The smallest absolute Gasteiger partial charge is 0.316 e. The highest BCUT2D eigenvalue weighted by Gasteiger charge is 2.12. The summed E-state index contributed by atoms with van der Waals surface area (Å²) in [4.78, 5) is 26.8. The van der Waals surface area contributed by atoms with Crippen LogP contribution in [0.25, 0.3) is 11.4 Å². The third-order valence-corrected chi connectivity index (χ3v) is 4.25. The number of ether oxygens (including phenoxy) is 1. The molecule has 132 valence electrons. The summed E-state index contributed by atoms with van der Waals surface area (Å²) < 4.78 is 10.2. The number of aromatic nitrogens is 2. The number of esters is 1. The summed E-state index contributed by atoms with van der Waals surface area (Å²) in [7, 11) is 0. The molecular formula is C17H13N3O5S. The summed E-state index contributed by atoms with van der Waals surface area (Å²) >= 11 is 1.22. The van der Waals surface area contributed by atoms with Crippen LogP contribution in [0.15, 0.2) is 64.0 Å². The van der Waals surface area contributed by atoms with Crippen molar-refractivity contribution in [2.24, 2.45) is 0 Å². The number of non-ortho nitro benzene ring substituents is 1. The Balaban J connectivity index is 1.47. The van der Waals surface area contributed by atoms with Crippen molar-refractivity contribution >= 4 is 23.4 Å². The molecule has 2 aromatic carbocycles. The Morgan fingerprint density at radius 3 is 2.58 bits per heavy atom. The zero-order valence-corrected chi connectivity index (χ0v) is 14.2. The first-order valence-electron chi connectivity index (χ1n) is 7.53. The van der Waals surface area contributed by atoms with E-state index in [1.165, 1.54) is 23.9 Å². The maximum Gasteiger partial charge on any atom is 0.316 e. The van der Waals surface area contributed by atoms with E-state index >= 15 is 0 Å². The van der Waals surface area contributed by atoms with Crippen LogP contribution in [0.1, 0.15) is 5.89 Å². The van der Waals surface area contributed by atoms with Crippen molar-refractivity contribution in [3.05, 3.63) is 70.6 Å². The molecule has 26 heavy (non-hydrogen) atoms. The Morgan fingerprint density at radius 1 is 1.15 bits per heavy atom. The monoisotopic (exact) mass is 371 g/mol. The van der Waals surface area contributed by atoms with Crippen LogP contribution in [-0.4, -0.2) is 26.8 Å². The standard InChI is InChI=1S/C17H13N3O5S/c21-16(11-26-14-8-6-13(7-9-14)20(22)23)24-10-15-18-17(19-25-15)12-4-2-1-3-5-12/h1-9H,10-11H2. The fourth-order valence-electron chi connectivity index (χ4n) is 2.01. The Morgan fingerprint density at radius 2 is 1.88 bits per heavy atom. The molecule has 0 spiro atoms. The largest absolute Gasteiger partial charge is 0.455 e. The molecule has 0 bridgehead atoms. The lowest BCUT2D eigenvalue weighted by Gasteiger charge is -2.02. The first-order valence-corrected chi connectivity index (χ1v) is 8.51. The zero-order chi connectivity index (χ0) is 18.4. The first kappa shape index (κ1) is 17.6. The summed E-state index contributed by atoms with van der Waals surface area (Å²) in [6, 6.07) is 15.2. The van der Waals surface area contributed by atoms with Crippen molar-refractivity contribution in [3.63, 3.8) is 0 Å². The van der Waals surface area contributed by atoms with Crippen molar-refractivity contribution < 1.29 is 19.0 Å². The van der Waals surface area contributed by atoms with Crippen LogP contribution < -0.4 is 0 Å². The number of nitro groups is 1.